The van der Waals surface area contributed by atoms with Gasteiger partial charge in [-0.2, -0.15) is 0 Å². The van der Waals surface area contributed by atoms with Crippen LogP contribution >= 0.6 is 27.5 Å². The molecule has 0 aromatic carbocycles. The normalized spacial score (nSPS) is 9.92. The van der Waals surface area contributed by atoms with E-state index in [4.69, 9.17) is 21.1 Å². The number of pyridine rings is 1. The topological polar surface area (TPSA) is 31.4 Å². The summed E-state index contributed by atoms with van der Waals surface area (Å²) in [5.74, 6) is 0.588. The Bertz CT molecular complexity index is 270. The van der Waals surface area contributed by atoms with E-state index in [2.05, 4.69) is 20.9 Å². The Kier molecular flexibility index (Phi) is 3.78. The Morgan fingerprint density at radius 3 is 3.00 bits per heavy atom. The van der Waals surface area contributed by atoms with Gasteiger partial charge in [-0.3, -0.25) is 0 Å². The summed E-state index contributed by atoms with van der Waals surface area (Å²) < 4.78 is 10.4. The van der Waals surface area contributed by atoms with E-state index in [9.17, 15) is 0 Å². The van der Waals surface area contributed by atoms with Crippen molar-refractivity contribution >= 4 is 27.5 Å². The fourth-order valence-electron chi connectivity index (χ4n) is 0.610. The first kappa shape index (κ1) is 9.77. The number of rotatable bonds is 3. The molecule has 0 unspecified atom stereocenters. The molecule has 0 aliphatic rings. The highest BCUT2D eigenvalue weighted by Crippen LogP contribution is 2.23. The van der Waals surface area contributed by atoms with Crippen LogP contribution in [0.15, 0.2) is 16.9 Å². The number of halogens is 2. The van der Waals surface area contributed by atoms with E-state index in [0.717, 1.165) is 0 Å². The van der Waals surface area contributed by atoms with Crippen molar-refractivity contribution in [2.75, 3.05) is 13.9 Å². The molecule has 0 aliphatic carbocycles. The lowest BCUT2D eigenvalue weighted by Gasteiger charge is -2.04. The van der Waals surface area contributed by atoms with Crippen LogP contribution in [0.25, 0.3) is 0 Å². The maximum absolute atomic E-state index is 5.76. The van der Waals surface area contributed by atoms with Crippen molar-refractivity contribution in [1.82, 2.24) is 4.98 Å². The minimum absolute atomic E-state index is 0.194. The van der Waals surface area contributed by atoms with Crippen molar-refractivity contribution < 1.29 is 9.47 Å². The number of nitrogens with zero attached hydrogens (tertiary/aromatic N) is 1. The molecule has 0 radical (unpaired) electrons. The van der Waals surface area contributed by atoms with Crippen LogP contribution in [0.2, 0.25) is 5.02 Å². The molecule has 0 N–H and O–H groups in total. The lowest BCUT2D eigenvalue weighted by Crippen LogP contribution is -1.99. The highest BCUT2D eigenvalue weighted by Gasteiger charge is 2.00. The second kappa shape index (κ2) is 4.64. The third-order valence-corrected chi connectivity index (χ3v) is 2.26. The van der Waals surface area contributed by atoms with E-state index in [1.54, 1.807) is 19.4 Å². The summed E-state index contributed by atoms with van der Waals surface area (Å²) in [5.41, 5.74) is 0. The van der Waals surface area contributed by atoms with E-state index in [1.807, 2.05) is 0 Å². The van der Waals surface area contributed by atoms with E-state index in [-0.39, 0.29) is 6.79 Å². The quantitative estimate of drug-likeness (QED) is 0.612. The standard InChI is InChI=1S/C7H7BrClNO2/c1-11-4-12-5-2-6(9)7(8)10-3-5/h2-3H,4H2,1H3. The maximum Gasteiger partial charge on any atom is 0.188 e. The van der Waals surface area contributed by atoms with Gasteiger partial charge in [0.05, 0.1) is 11.2 Å². The van der Waals surface area contributed by atoms with Crippen LogP contribution in [0.4, 0.5) is 0 Å². The van der Waals surface area contributed by atoms with Crippen molar-refractivity contribution in [3.63, 3.8) is 0 Å². The van der Waals surface area contributed by atoms with Gasteiger partial charge in [0.1, 0.15) is 10.4 Å². The highest BCUT2D eigenvalue weighted by atomic mass is 79.9. The zero-order chi connectivity index (χ0) is 8.97. The van der Waals surface area contributed by atoms with Crippen molar-refractivity contribution in [3.05, 3.63) is 21.9 Å². The van der Waals surface area contributed by atoms with Gasteiger partial charge in [-0.1, -0.05) is 11.6 Å². The van der Waals surface area contributed by atoms with Crippen molar-refractivity contribution in [3.8, 4) is 5.75 Å². The lowest BCUT2D eigenvalue weighted by atomic mass is 10.5. The van der Waals surface area contributed by atoms with Crippen LogP contribution in [-0.2, 0) is 4.74 Å². The van der Waals surface area contributed by atoms with Gasteiger partial charge in [-0.15, -0.1) is 0 Å². The van der Waals surface area contributed by atoms with E-state index in [1.165, 1.54) is 0 Å². The van der Waals surface area contributed by atoms with Gasteiger partial charge in [-0.05, 0) is 15.9 Å². The van der Waals surface area contributed by atoms with Gasteiger partial charge in [-0.25, -0.2) is 4.98 Å². The fraction of sp³-hybridized carbons (Fsp3) is 0.286. The molecular weight excluding hydrogens is 245 g/mol. The molecular formula is C7H7BrClNO2. The second-order valence-corrected chi connectivity index (χ2v) is 3.15. The first-order valence-electron chi connectivity index (χ1n) is 3.17. The van der Waals surface area contributed by atoms with Gasteiger partial charge in [0.15, 0.2) is 6.79 Å². The van der Waals surface area contributed by atoms with Crippen LogP contribution in [0.5, 0.6) is 5.75 Å². The molecule has 3 nitrogen and oxygen atoms in total. The number of ether oxygens (including phenoxy) is 2. The van der Waals surface area contributed by atoms with E-state index in [0.29, 0.717) is 15.4 Å². The summed E-state index contributed by atoms with van der Waals surface area (Å²) in [4.78, 5) is 3.94. The van der Waals surface area contributed by atoms with Crippen LogP contribution < -0.4 is 4.74 Å². The third kappa shape index (κ3) is 2.62. The minimum Gasteiger partial charge on any atom is -0.466 e. The number of aromatic nitrogens is 1. The van der Waals surface area contributed by atoms with Crippen LogP contribution in [0.3, 0.4) is 0 Å². The molecule has 1 aromatic heterocycles. The summed E-state index contributed by atoms with van der Waals surface area (Å²) in [6.07, 6.45) is 1.56. The van der Waals surface area contributed by atoms with Crippen molar-refractivity contribution in [2.24, 2.45) is 0 Å². The first-order chi connectivity index (χ1) is 5.74. The second-order valence-electron chi connectivity index (χ2n) is 1.99. The first-order valence-corrected chi connectivity index (χ1v) is 4.34. The Morgan fingerprint density at radius 1 is 1.67 bits per heavy atom. The van der Waals surface area contributed by atoms with E-state index >= 15 is 0 Å². The zero-order valence-corrected chi connectivity index (χ0v) is 8.72. The van der Waals surface area contributed by atoms with E-state index < -0.39 is 0 Å². The molecule has 0 bridgehead atoms. The van der Waals surface area contributed by atoms with Gasteiger partial charge >= 0.3 is 0 Å². The summed E-state index contributed by atoms with van der Waals surface area (Å²) >= 11 is 8.93. The Morgan fingerprint density at radius 2 is 2.42 bits per heavy atom. The molecule has 12 heavy (non-hydrogen) atoms. The summed E-state index contributed by atoms with van der Waals surface area (Å²) in [6, 6.07) is 1.66. The van der Waals surface area contributed by atoms with Crippen LogP contribution in [0, 0.1) is 0 Å². The zero-order valence-electron chi connectivity index (χ0n) is 6.38. The molecule has 0 amide bonds. The smallest absolute Gasteiger partial charge is 0.188 e. The average Bonchev–Trinajstić information content (AvgIpc) is 2.07. The van der Waals surface area contributed by atoms with Crippen LogP contribution in [0.1, 0.15) is 0 Å². The predicted octanol–water partition coefficient (Wildman–Crippen LogP) is 2.48. The molecule has 66 valence electrons. The maximum atomic E-state index is 5.76. The molecule has 1 heterocycles. The van der Waals surface area contributed by atoms with Crippen LogP contribution in [-0.4, -0.2) is 18.9 Å². The Labute approximate surface area is 83.8 Å². The Balaban J connectivity index is 2.69. The number of hydrogen-bond donors (Lipinski definition) is 0. The van der Waals surface area contributed by atoms with Gasteiger partial charge in [0.25, 0.3) is 0 Å². The highest BCUT2D eigenvalue weighted by molar-refractivity contribution is 9.10. The monoisotopic (exact) mass is 251 g/mol. The molecule has 5 heteroatoms. The molecule has 0 aliphatic heterocycles. The molecule has 0 saturated carbocycles. The minimum atomic E-state index is 0.194. The van der Waals surface area contributed by atoms with Crippen molar-refractivity contribution in [1.29, 1.82) is 0 Å². The average molecular weight is 252 g/mol. The molecule has 0 saturated heterocycles. The van der Waals surface area contributed by atoms with Crippen molar-refractivity contribution in [2.45, 2.75) is 0 Å². The largest absolute Gasteiger partial charge is 0.466 e. The lowest BCUT2D eigenvalue weighted by molar-refractivity contribution is 0.0508. The van der Waals surface area contributed by atoms with Gasteiger partial charge in [0, 0.05) is 13.2 Å². The molecule has 0 fully saturated rings. The summed E-state index contributed by atoms with van der Waals surface area (Å²) in [7, 11) is 1.55. The number of hydrogen-bond acceptors (Lipinski definition) is 3. The third-order valence-electron chi connectivity index (χ3n) is 1.11. The molecule has 0 atom stereocenters. The van der Waals surface area contributed by atoms with Gasteiger partial charge < -0.3 is 9.47 Å². The summed E-state index contributed by atoms with van der Waals surface area (Å²) in [5, 5.41) is 0.517. The van der Waals surface area contributed by atoms with Gasteiger partial charge in [0.2, 0.25) is 0 Å². The molecule has 0 spiro atoms. The SMILES string of the molecule is COCOc1cnc(Br)c(Cl)c1. The fourth-order valence-corrected chi connectivity index (χ4v) is 0.983. The number of methoxy groups -OCH3 is 1. The predicted molar refractivity (Wildman–Crippen MR) is 49.5 cm³/mol. The molecule has 1 aromatic rings. The molecule has 1 rings (SSSR count). The Hall–Kier alpha value is -0.320. The summed E-state index contributed by atoms with van der Waals surface area (Å²) in [6.45, 7) is 0.194.